The highest BCUT2D eigenvalue weighted by molar-refractivity contribution is 7.99. The van der Waals surface area contributed by atoms with Gasteiger partial charge in [-0.25, -0.2) is 9.37 Å². The van der Waals surface area contributed by atoms with Crippen LogP contribution >= 0.6 is 23.1 Å². The molecule has 0 radical (unpaired) electrons. The first-order valence-corrected chi connectivity index (χ1v) is 11.0. The molecule has 2 aromatic carbocycles. The third-order valence-corrected chi connectivity index (χ3v) is 6.05. The molecular formula is C21H18FN5OS2. The van der Waals surface area contributed by atoms with Crippen molar-refractivity contribution in [3.63, 3.8) is 0 Å². The average molecular weight is 440 g/mol. The van der Waals surface area contributed by atoms with Crippen molar-refractivity contribution in [3.05, 3.63) is 71.1 Å². The van der Waals surface area contributed by atoms with Crippen LogP contribution < -0.4 is 5.32 Å². The molecule has 0 saturated heterocycles. The van der Waals surface area contributed by atoms with Crippen LogP contribution in [-0.2, 0) is 4.79 Å². The van der Waals surface area contributed by atoms with E-state index in [2.05, 4.69) is 26.6 Å². The van der Waals surface area contributed by atoms with E-state index in [0.29, 0.717) is 16.0 Å². The molecule has 9 heteroatoms. The lowest BCUT2D eigenvalue weighted by Crippen LogP contribution is -2.14. The van der Waals surface area contributed by atoms with Crippen molar-refractivity contribution in [1.29, 1.82) is 0 Å². The molecule has 0 aliphatic heterocycles. The van der Waals surface area contributed by atoms with Gasteiger partial charge in [-0.05, 0) is 49.7 Å². The summed E-state index contributed by atoms with van der Waals surface area (Å²) in [6.07, 6.45) is 1.65. The molecule has 0 spiro atoms. The van der Waals surface area contributed by atoms with Crippen molar-refractivity contribution in [2.24, 2.45) is 0 Å². The van der Waals surface area contributed by atoms with Crippen LogP contribution in [0, 0.1) is 19.7 Å². The number of rotatable bonds is 6. The zero-order valence-electron chi connectivity index (χ0n) is 16.3. The van der Waals surface area contributed by atoms with Gasteiger partial charge in [0, 0.05) is 10.9 Å². The number of hydrogen-bond donors (Lipinski definition) is 1. The number of benzene rings is 2. The Morgan fingerprint density at radius 1 is 1.20 bits per heavy atom. The van der Waals surface area contributed by atoms with Crippen molar-refractivity contribution < 1.29 is 9.18 Å². The van der Waals surface area contributed by atoms with Gasteiger partial charge in [0.15, 0.2) is 10.3 Å². The van der Waals surface area contributed by atoms with E-state index >= 15 is 0 Å². The van der Waals surface area contributed by atoms with E-state index in [-0.39, 0.29) is 17.5 Å². The van der Waals surface area contributed by atoms with Gasteiger partial charge < -0.3 is 5.32 Å². The number of aryl methyl sites for hydroxylation is 2. The van der Waals surface area contributed by atoms with Crippen LogP contribution in [0.25, 0.3) is 16.9 Å². The number of aromatic nitrogens is 4. The van der Waals surface area contributed by atoms with Gasteiger partial charge in [-0.3, -0.25) is 9.36 Å². The van der Waals surface area contributed by atoms with Gasteiger partial charge in [0.05, 0.1) is 17.1 Å². The predicted octanol–water partition coefficient (Wildman–Crippen LogP) is 4.88. The molecule has 0 unspecified atom stereocenters. The smallest absolute Gasteiger partial charge is 0.236 e. The highest BCUT2D eigenvalue weighted by atomic mass is 32.2. The highest BCUT2D eigenvalue weighted by Crippen LogP contribution is 2.26. The number of thiazole rings is 1. The van der Waals surface area contributed by atoms with Gasteiger partial charge in [-0.15, -0.1) is 21.5 Å². The standard InChI is InChI=1S/C21H18FN5OS2/c1-13-3-8-18(14(2)9-13)27-12-23-26-21(27)30-11-19(28)25-20-24-17(10-29-20)15-4-6-16(22)7-5-15/h3-10,12H,11H2,1-2H3,(H,24,25,28). The molecule has 1 amide bonds. The van der Waals surface area contributed by atoms with E-state index in [1.54, 1.807) is 18.5 Å². The Morgan fingerprint density at radius 3 is 2.77 bits per heavy atom. The number of anilines is 1. The molecule has 0 aliphatic carbocycles. The molecule has 4 rings (SSSR count). The normalized spacial score (nSPS) is 10.9. The number of hydrogen-bond acceptors (Lipinski definition) is 6. The van der Waals surface area contributed by atoms with Gasteiger partial charge in [0.25, 0.3) is 0 Å². The molecule has 2 heterocycles. The van der Waals surface area contributed by atoms with E-state index in [1.165, 1.54) is 40.8 Å². The number of halogens is 1. The second-order valence-corrected chi connectivity index (χ2v) is 8.46. The molecule has 2 aromatic heterocycles. The van der Waals surface area contributed by atoms with Crippen molar-refractivity contribution in [2.75, 3.05) is 11.1 Å². The van der Waals surface area contributed by atoms with Crippen LogP contribution in [0.4, 0.5) is 9.52 Å². The number of carbonyl (C=O) groups excluding carboxylic acids is 1. The quantitative estimate of drug-likeness (QED) is 0.434. The summed E-state index contributed by atoms with van der Waals surface area (Å²) in [5.41, 5.74) is 4.76. The SMILES string of the molecule is Cc1ccc(-n2cnnc2SCC(=O)Nc2nc(-c3ccc(F)cc3)cs2)c(C)c1. The topological polar surface area (TPSA) is 72.7 Å². The maximum Gasteiger partial charge on any atom is 0.236 e. The summed E-state index contributed by atoms with van der Waals surface area (Å²) in [5.74, 6) is -0.307. The monoisotopic (exact) mass is 439 g/mol. The fourth-order valence-corrected chi connectivity index (χ4v) is 4.39. The zero-order valence-corrected chi connectivity index (χ0v) is 17.9. The molecule has 6 nitrogen and oxygen atoms in total. The summed E-state index contributed by atoms with van der Waals surface area (Å²) < 4.78 is 14.9. The Balaban J connectivity index is 1.39. The van der Waals surface area contributed by atoms with E-state index in [0.717, 1.165) is 16.8 Å². The fourth-order valence-electron chi connectivity index (χ4n) is 2.93. The first-order chi connectivity index (χ1) is 14.5. The maximum atomic E-state index is 13.1. The number of nitrogens with one attached hydrogen (secondary N) is 1. The molecule has 152 valence electrons. The number of thioether (sulfide) groups is 1. The van der Waals surface area contributed by atoms with Gasteiger partial charge in [0.1, 0.15) is 12.1 Å². The molecule has 0 bridgehead atoms. The summed E-state index contributed by atoms with van der Waals surface area (Å²) in [5, 5.41) is 13.9. The Labute approximate surface area is 181 Å². The molecule has 30 heavy (non-hydrogen) atoms. The Morgan fingerprint density at radius 2 is 2.00 bits per heavy atom. The predicted molar refractivity (Wildman–Crippen MR) is 118 cm³/mol. The summed E-state index contributed by atoms with van der Waals surface area (Å²) >= 11 is 2.63. The second kappa shape index (κ2) is 8.76. The molecular weight excluding hydrogens is 421 g/mol. The van der Waals surface area contributed by atoms with Crippen molar-refractivity contribution in [2.45, 2.75) is 19.0 Å². The van der Waals surface area contributed by atoms with E-state index in [9.17, 15) is 9.18 Å². The Bertz CT molecular complexity index is 1190. The third kappa shape index (κ3) is 4.58. The maximum absolute atomic E-state index is 13.1. The van der Waals surface area contributed by atoms with Crippen LogP contribution in [0.5, 0.6) is 0 Å². The van der Waals surface area contributed by atoms with Gasteiger partial charge >= 0.3 is 0 Å². The van der Waals surface area contributed by atoms with Gasteiger partial charge in [-0.2, -0.15) is 0 Å². The molecule has 1 N–H and O–H groups in total. The lowest BCUT2D eigenvalue weighted by Gasteiger charge is -2.10. The van der Waals surface area contributed by atoms with Gasteiger partial charge in [0.2, 0.25) is 5.91 Å². The molecule has 4 aromatic rings. The van der Waals surface area contributed by atoms with Crippen molar-refractivity contribution in [3.8, 4) is 16.9 Å². The van der Waals surface area contributed by atoms with Crippen LogP contribution in [0.2, 0.25) is 0 Å². The molecule has 0 fully saturated rings. The number of nitrogens with zero attached hydrogens (tertiary/aromatic N) is 4. The minimum atomic E-state index is -0.298. The summed E-state index contributed by atoms with van der Waals surface area (Å²) in [6.45, 7) is 4.08. The van der Waals surface area contributed by atoms with Crippen LogP contribution in [0.3, 0.4) is 0 Å². The first kappa shape index (κ1) is 20.2. The van der Waals surface area contributed by atoms with Crippen LogP contribution in [-0.4, -0.2) is 31.4 Å². The summed E-state index contributed by atoms with van der Waals surface area (Å²) in [4.78, 5) is 16.8. The average Bonchev–Trinajstić information content (AvgIpc) is 3.37. The number of carbonyl (C=O) groups is 1. The minimum absolute atomic E-state index is 0.176. The van der Waals surface area contributed by atoms with Crippen molar-refractivity contribution >= 4 is 34.1 Å². The molecule has 0 atom stereocenters. The summed E-state index contributed by atoms with van der Waals surface area (Å²) in [6, 6.07) is 12.2. The molecule has 0 saturated carbocycles. The Kier molecular flexibility index (Phi) is 5.91. The van der Waals surface area contributed by atoms with Crippen LogP contribution in [0.15, 0.2) is 59.3 Å². The van der Waals surface area contributed by atoms with E-state index in [1.807, 2.05) is 35.9 Å². The molecule has 0 aliphatic rings. The fraction of sp³-hybridized carbons (Fsp3) is 0.143. The Hall–Kier alpha value is -3.04. The lowest BCUT2D eigenvalue weighted by atomic mass is 10.1. The van der Waals surface area contributed by atoms with E-state index in [4.69, 9.17) is 0 Å². The minimum Gasteiger partial charge on any atom is -0.301 e. The van der Waals surface area contributed by atoms with Crippen molar-refractivity contribution in [1.82, 2.24) is 19.7 Å². The third-order valence-electron chi connectivity index (χ3n) is 4.35. The summed E-state index contributed by atoms with van der Waals surface area (Å²) in [7, 11) is 0. The van der Waals surface area contributed by atoms with Crippen LogP contribution in [0.1, 0.15) is 11.1 Å². The highest BCUT2D eigenvalue weighted by Gasteiger charge is 2.13. The largest absolute Gasteiger partial charge is 0.301 e. The van der Waals surface area contributed by atoms with E-state index < -0.39 is 0 Å². The lowest BCUT2D eigenvalue weighted by molar-refractivity contribution is -0.113. The second-order valence-electron chi connectivity index (χ2n) is 6.66. The number of amides is 1. The van der Waals surface area contributed by atoms with Gasteiger partial charge in [-0.1, -0.05) is 29.5 Å². The zero-order chi connectivity index (χ0) is 21.1. The first-order valence-electron chi connectivity index (χ1n) is 9.11.